The molecular formula is C24H28ClN3O. The molecule has 0 saturated carbocycles. The van der Waals surface area contributed by atoms with Crippen molar-refractivity contribution in [1.29, 1.82) is 0 Å². The van der Waals surface area contributed by atoms with Crippen molar-refractivity contribution in [2.45, 2.75) is 39.7 Å². The largest absolute Gasteiger partial charge is 0.398 e. The van der Waals surface area contributed by atoms with E-state index in [9.17, 15) is 4.79 Å². The summed E-state index contributed by atoms with van der Waals surface area (Å²) in [6.45, 7) is 7.03. The second-order valence-electron chi connectivity index (χ2n) is 7.65. The van der Waals surface area contributed by atoms with E-state index in [-0.39, 0.29) is 24.4 Å². The number of halogens is 1. The van der Waals surface area contributed by atoms with Crippen molar-refractivity contribution in [3.8, 4) is 0 Å². The summed E-state index contributed by atoms with van der Waals surface area (Å²) in [7, 11) is 0. The van der Waals surface area contributed by atoms with Gasteiger partial charge in [0.1, 0.15) is 0 Å². The molecule has 1 aromatic heterocycles. The third-order valence-corrected chi connectivity index (χ3v) is 5.92. The minimum Gasteiger partial charge on any atom is -0.398 e. The molecule has 0 saturated heterocycles. The smallest absolute Gasteiger partial charge is 0.260 e. The summed E-state index contributed by atoms with van der Waals surface area (Å²) >= 11 is 0. The van der Waals surface area contributed by atoms with Gasteiger partial charge in [0, 0.05) is 29.3 Å². The van der Waals surface area contributed by atoms with Crippen LogP contribution < -0.4 is 10.6 Å². The highest BCUT2D eigenvalue weighted by molar-refractivity contribution is 6.08. The van der Waals surface area contributed by atoms with Crippen LogP contribution in [0.3, 0.4) is 0 Å². The molecule has 2 heterocycles. The van der Waals surface area contributed by atoms with Gasteiger partial charge in [0.25, 0.3) is 5.91 Å². The molecule has 4 nitrogen and oxygen atoms in total. The van der Waals surface area contributed by atoms with Gasteiger partial charge in [-0.25, -0.2) is 0 Å². The number of aryl methyl sites for hydroxylation is 1. The first-order valence-electron chi connectivity index (χ1n) is 9.91. The highest BCUT2D eigenvalue weighted by Crippen LogP contribution is 2.33. The van der Waals surface area contributed by atoms with Crippen molar-refractivity contribution in [3.05, 3.63) is 82.7 Å². The van der Waals surface area contributed by atoms with Gasteiger partial charge >= 0.3 is 0 Å². The standard InChI is InChI=1S/C24H27N3O.ClH/c1-16-15-21(18(3)27(16)17(2)19-9-5-4-6-10-19)24(28)26-14-8-11-20-22(25)12-7-13-23(20)26;/h4-7,9-10,12-13,15,17H,8,11,14,25H2,1-3H3;1H. The van der Waals surface area contributed by atoms with E-state index >= 15 is 0 Å². The van der Waals surface area contributed by atoms with Gasteiger partial charge in [-0.15, -0.1) is 12.4 Å². The molecule has 1 unspecified atom stereocenters. The van der Waals surface area contributed by atoms with Gasteiger partial charge in [-0.3, -0.25) is 4.79 Å². The number of aromatic nitrogens is 1. The van der Waals surface area contributed by atoms with Crippen LogP contribution >= 0.6 is 12.4 Å². The van der Waals surface area contributed by atoms with Crippen LogP contribution in [0.25, 0.3) is 0 Å². The molecule has 2 aromatic carbocycles. The van der Waals surface area contributed by atoms with Gasteiger partial charge in [0.15, 0.2) is 0 Å². The van der Waals surface area contributed by atoms with Crippen LogP contribution in [-0.2, 0) is 6.42 Å². The lowest BCUT2D eigenvalue weighted by molar-refractivity contribution is 0.0984. The number of hydrogen-bond donors (Lipinski definition) is 1. The third kappa shape index (κ3) is 3.65. The molecule has 5 heteroatoms. The summed E-state index contributed by atoms with van der Waals surface area (Å²) in [5, 5.41) is 0. The van der Waals surface area contributed by atoms with Gasteiger partial charge < -0.3 is 15.2 Å². The number of fused-ring (bicyclic) bond motifs is 1. The Morgan fingerprint density at radius 1 is 1.07 bits per heavy atom. The molecule has 1 atom stereocenters. The Kier molecular flexibility index (Phi) is 6.04. The lowest BCUT2D eigenvalue weighted by atomic mass is 9.99. The summed E-state index contributed by atoms with van der Waals surface area (Å²) in [4.78, 5) is 15.4. The normalized spacial score (nSPS) is 14.1. The van der Waals surface area contributed by atoms with Gasteiger partial charge in [-0.2, -0.15) is 0 Å². The molecule has 0 spiro atoms. The van der Waals surface area contributed by atoms with E-state index in [0.717, 1.165) is 53.3 Å². The Hall–Kier alpha value is -2.72. The molecule has 29 heavy (non-hydrogen) atoms. The molecule has 152 valence electrons. The predicted molar refractivity (Wildman–Crippen MR) is 122 cm³/mol. The van der Waals surface area contributed by atoms with Crippen molar-refractivity contribution in [2.24, 2.45) is 0 Å². The van der Waals surface area contributed by atoms with Crippen LogP contribution in [0, 0.1) is 13.8 Å². The number of hydrogen-bond acceptors (Lipinski definition) is 2. The third-order valence-electron chi connectivity index (χ3n) is 5.92. The van der Waals surface area contributed by atoms with Crippen LogP contribution in [0.15, 0.2) is 54.6 Å². The van der Waals surface area contributed by atoms with Crippen molar-refractivity contribution in [3.63, 3.8) is 0 Å². The van der Waals surface area contributed by atoms with E-state index < -0.39 is 0 Å². The van der Waals surface area contributed by atoms with Crippen LogP contribution in [0.1, 0.15) is 52.3 Å². The molecule has 2 N–H and O–H groups in total. The van der Waals surface area contributed by atoms with Crippen molar-refractivity contribution >= 4 is 29.7 Å². The molecule has 1 aliphatic heterocycles. The number of nitrogens with zero attached hydrogens (tertiary/aromatic N) is 2. The molecule has 0 radical (unpaired) electrons. The lowest BCUT2D eigenvalue weighted by Gasteiger charge is -2.30. The van der Waals surface area contributed by atoms with E-state index in [2.05, 4.69) is 42.7 Å². The maximum absolute atomic E-state index is 13.5. The van der Waals surface area contributed by atoms with E-state index in [0.29, 0.717) is 0 Å². The van der Waals surface area contributed by atoms with Crippen LogP contribution in [0.2, 0.25) is 0 Å². The number of carbonyl (C=O) groups is 1. The SMILES string of the molecule is Cc1cc(C(=O)N2CCCc3c(N)cccc32)c(C)n1C(C)c1ccccc1.Cl. The van der Waals surface area contributed by atoms with E-state index in [1.165, 1.54) is 5.56 Å². The molecule has 0 bridgehead atoms. The fourth-order valence-electron chi connectivity index (χ4n) is 4.48. The Balaban J connectivity index is 0.00000240. The Morgan fingerprint density at radius 3 is 2.52 bits per heavy atom. The molecule has 1 amide bonds. The summed E-state index contributed by atoms with van der Waals surface area (Å²) in [5.41, 5.74) is 13.1. The second-order valence-corrected chi connectivity index (χ2v) is 7.65. The van der Waals surface area contributed by atoms with Gasteiger partial charge in [-0.1, -0.05) is 36.4 Å². The zero-order valence-electron chi connectivity index (χ0n) is 17.2. The monoisotopic (exact) mass is 409 g/mol. The number of rotatable bonds is 3. The van der Waals surface area contributed by atoms with Crippen LogP contribution in [0.4, 0.5) is 11.4 Å². The highest BCUT2D eigenvalue weighted by Gasteiger charge is 2.28. The van der Waals surface area contributed by atoms with Crippen LogP contribution in [0.5, 0.6) is 0 Å². The first-order chi connectivity index (χ1) is 13.5. The minimum atomic E-state index is 0. The summed E-state index contributed by atoms with van der Waals surface area (Å²) < 4.78 is 2.26. The fraction of sp³-hybridized carbons (Fsp3) is 0.292. The molecule has 0 fully saturated rings. The number of nitrogens with two attached hydrogens (primary N) is 1. The van der Waals surface area contributed by atoms with Crippen molar-refractivity contribution in [2.75, 3.05) is 17.2 Å². The molecular weight excluding hydrogens is 382 g/mol. The molecule has 4 rings (SSSR count). The fourth-order valence-corrected chi connectivity index (χ4v) is 4.48. The highest BCUT2D eigenvalue weighted by atomic mass is 35.5. The number of anilines is 2. The lowest BCUT2D eigenvalue weighted by Crippen LogP contribution is -2.36. The Morgan fingerprint density at radius 2 is 1.79 bits per heavy atom. The maximum Gasteiger partial charge on any atom is 0.260 e. The molecule has 3 aromatic rings. The van der Waals surface area contributed by atoms with Crippen molar-refractivity contribution in [1.82, 2.24) is 4.57 Å². The van der Waals surface area contributed by atoms with Gasteiger partial charge in [0.05, 0.1) is 11.6 Å². The first kappa shape index (κ1) is 21.0. The zero-order chi connectivity index (χ0) is 19.8. The average Bonchev–Trinajstić information content (AvgIpc) is 3.01. The Bertz CT molecular complexity index is 1030. The van der Waals surface area contributed by atoms with E-state index in [1.54, 1.807) is 0 Å². The minimum absolute atomic E-state index is 0. The van der Waals surface area contributed by atoms with Crippen LogP contribution in [-0.4, -0.2) is 17.0 Å². The zero-order valence-corrected chi connectivity index (χ0v) is 18.0. The number of benzene rings is 2. The quantitative estimate of drug-likeness (QED) is 0.596. The predicted octanol–water partition coefficient (Wildman–Crippen LogP) is 5.31. The Labute approximate surface area is 178 Å². The number of amides is 1. The average molecular weight is 410 g/mol. The second kappa shape index (κ2) is 8.34. The van der Waals surface area contributed by atoms with E-state index in [1.807, 2.05) is 42.2 Å². The summed E-state index contributed by atoms with van der Waals surface area (Å²) in [6.07, 6.45) is 1.86. The maximum atomic E-state index is 13.5. The van der Waals surface area contributed by atoms with Gasteiger partial charge in [-0.05, 0) is 62.9 Å². The van der Waals surface area contributed by atoms with Crippen molar-refractivity contribution < 1.29 is 4.79 Å². The molecule has 1 aliphatic rings. The van der Waals surface area contributed by atoms with E-state index in [4.69, 9.17) is 5.73 Å². The first-order valence-corrected chi connectivity index (χ1v) is 9.91. The number of carbonyl (C=O) groups excluding carboxylic acids is 1. The van der Waals surface area contributed by atoms with Gasteiger partial charge in [0.2, 0.25) is 0 Å². The number of nitrogen functional groups attached to an aromatic ring is 1. The topological polar surface area (TPSA) is 51.3 Å². The summed E-state index contributed by atoms with van der Waals surface area (Å²) in [5.74, 6) is 0.0613. The molecule has 0 aliphatic carbocycles. The summed E-state index contributed by atoms with van der Waals surface area (Å²) in [6, 6.07) is 18.5.